The maximum absolute atomic E-state index is 12.3. The van der Waals surface area contributed by atoms with Crippen LogP contribution in [-0.2, 0) is 4.74 Å². The van der Waals surface area contributed by atoms with Crippen LogP contribution in [0.4, 0.5) is 5.69 Å². The number of amides is 1. The summed E-state index contributed by atoms with van der Waals surface area (Å²) in [7, 11) is 0. The van der Waals surface area contributed by atoms with Crippen molar-refractivity contribution >= 4 is 11.6 Å². The molecule has 0 unspecified atom stereocenters. The van der Waals surface area contributed by atoms with Gasteiger partial charge in [-0.3, -0.25) is 4.79 Å². The van der Waals surface area contributed by atoms with Crippen LogP contribution in [0.2, 0.25) is 0 Å². The monoisotopic (exact) mass is 278 g/mol. The maximum Gasteiger partial charge on any atom is 0.253 e. The zero-order valence-electron chi connectivity index (χ0n) is 13.0. The van der Waals surface area contributed by atoms with E-state index in [1.807, 2.05) is 45.0 Å². The number of nitrogens with one attached hydrogen (secondary N) is 2. The number of carbonyl (C=O) groups is 1. The van der Waals surface area contributed by atoms with Crippen molar-refractivity contribution in [1.29, 1.82) is 0 Å². The van der Waals surface area contributed by atoms with Crippen molar-refractivity contribution in [2.75, 3.05) is 25.0 Å². The normalized spacial score (nSPS) is 11.2. The first kappa shape index (κ1) is 16.5. The molecule has 0 saturated carbocycles. The lowest BCUT2D eigenvalue weighted by atomic mass is 10.1. The fourth-order valence-electron chi connectivity index (χ4n) is 1.93. The molecule has 1 rings (SSSR count). The molecule has 0 aliphatic carbocycles. The standard InChI is InChI=1S/C16H26N2O2/c1-5-11-17-14-10-8-7-9-13(14)15(19)18-12-16(3,4)20-6-2/h7-10,17H,5-6,11-12H2,1-4H3,(H,18,19). The second kappa shape index (κ2) is 7.90. The SMILES string of the molecule is CCCNc1ccccc1C(=O)NCC(C)(C)OCC. The highest BCUT2D eigenvalue weighted by atomic mass is 16.5. The molecule has 0 aliphatic heterocycles. The van der Waals surface area contributed by atoms with Crippen LogP contribution in [0.5, 0.6) is 0 Å². The maximum atomic E-state index is 12.3. The Bertz CT molecular complexity index is 430. The van der Waals surface area contributed by atoms with E-state index >= 15 is 0 Å². The van der Waals surface area contributed by atoms with Crippen molar-refractivity contribution in [2.24, 2.45) is 0 Å². The van der Waals surface area contributed by atoms with Gasteiger partial charge in [-0.1, -0.05) is 19.1 Å². The van der Waals surface area contributed by atoms with Gasteiger partial charge in [-0.15, -0.1) is 0 Å². The fraction of sp³-hybridized carbons (Fsp3) is 0.562. The van der Waals surface area contributed by atoms with Gasteiger partial charge in [0.1, 0.15) is 0 Å². The molecule has 0 aromatic heterocycles. The van der Waals surface area contributed by atoms with E-state index in [2.05, 4.69) is 17.6 Å². The van der Waals surface area contributed by atoms with Gasteiger partial charge in [0.2, 0.25) is 0 Å². The Morgan fingerprint density at radius 1 is 1.25 bits per heavy atom. The molecule has 4 heteroatoms. The van der Waals surface area contributed by atoms with Crippen LogP contribution >= 0.6 is 0 Å². The molecule has 4 nitrogen and oxygen atoms in total. The Hall–Kier alpha value is -1.55. The number of para-hydroxylation sites is 1. The summed E-state index contributed by atoms with van der Waals surface area (Å²) in [6.45, 7) is 9.97. The van der Waals surface area contributed by atoms with Gasteiger partial charge in [0.25, 0.3) is 5.91 Å². The number of rotatable bonds is 8. The van der Waals surface area contributed by atoms with Crippen molar-refractivity contribution in [3.8, 4) is 0 Å². The number of hydrogen-bond donors (Lipinski definition) is 2. The molecular weight excluding hydrogens is 252 g/mol. The molecule has 2 N–H and O–H groups in total. The molecule has 0 fully saturated rings. The van der Waals surface area contributed by atoms with Gasteiger partial charge < -0.3 is 15.4 Å². The van der Waals surface area contributed by atoms with E-state index in [1.165, 1.54) is 0 Å². The highest BCUT2D eigenvalue weighted by molar-refractivity contribution is 5.99. The zero-order chi connectivity index (χ0) is 15.0. The molecule has 20 heavy (non-hydrogen) atoms. The summed E-state index contributed by atoms with van der Waals surface area (Å²) in [4.78, 5) is 12.3. The van der Waals surface area contributed by atoms with Gasteiger partial charge in [-0.05, 0) is 39.3 Å². The molecule has 0 atom stereocenters. The van der Waals surface area contributed by atoms with Crippen molar-refractivity contribution in [3.05, 3.63) is 29.8 Å². The Morgan fingerprint density at radius 2 is 1.95 bits per heavy atom. The lowest BCUT2D eigenvalue weighted by Gasteiger charge is -2.25. The summed E-state index contributed by atoms with van der Waals surface area (Å²) in [6.07, 6.45) is 1.02. The molecule has 0 radical (unpaired) electrons. The van der Waals surface area contributed by atoms with Crippen LogP contribution in [0.1, 0.15) is 44.5 Å². The second-order valence-electron chi connectivity index (χ2n) is 5.35. The molecule has 1 aromatic rings. The third-order valence-corrected chi connectivity index (χ3v) is 2.95. The molecular formula is C16H26N2O2. The van der Waals surface area contributed by atoms with Crippen molar-refractivity contribution in [3.63, 3.8) is 0 Å². The average molecular weight is 278 g/mol. The van der Waals surface area contributed by atoms with Crippen LogP contribution in [0.3, 0.4) is 0 Å². The first-order valence-electron chi connectivity index (χ1n) is 7.25. The van der Waals surface area contributed by atoms with E-state index in [-0.39, 0.29) is 11.5 Å². The molecule has 0 aliphatic rings. The molecule has 0 bridgehead atoms. The molecule has 112 valence electrons. The number of ether oxygens (including phenoxy) is 1. The minimum absolute atomic E-state index is 0.0722. The lowest BCUT2D eigenvalue weighted by molar-refractivity contribution is -0.00815. The number of anilines is 1. The number of carbonyl (C=O) groups excluding carboxylic acids is 1. The summed E-state index contributed by atoms with van der Waals surface area (Å²) in [5, 5.41) is 6.21. The van der Waals surface area contributed by atoms with Crippen LogP contribution in [0, 0.1) is 0 Å². The highest BCUT2D eigenvalue weighted by Crippen LogP contribution is 2.15. The van der Waals surface area contributed by atoms with Crippen LogP contribution < -0.4 is 10.6 Å². The van der Waals surface area contributed by atoms with Gasteiger partial charge in [-0.2, -0.15) is 0 Å². The smallest absolute Gasteiger partial charge is 0.253 e. The molecule has 0 spiro atoms. The van der Waals surface area contributed by atoms with Gasteiger partial charge in [0, 0.05) is 25.4 Å². The van der Waals surface area contributed by atoms with Gasteiger partial charge >= 0.3 is 0 Å². The van der Waals surface area contributed by atoms with E-state index in [9.17, 15) is 4.79 Å². The molecule has 0 heterocycles. The summed E-state index contributed by atoms with van der Waals surface area (Å²) >= 11 is 0. The van der Waals surface area contributed by atoms with E-state index < -0.39 is 0 Å². The predicted molar refractivity (Wildman–Crippen MR) is 83.3 cm³/mol. The van der Waals surface area contributed by atoms with E-state index in [0.29, 0.717) is 18.7 Å². The lowest BCUT2D eigenvalue weighted by Crippen LogP contribution is -2.40. The summed E-state index contributed by atoms with van der Waals surface area (Å²) in [5.74, 6) is -0.0722. The summed E-state index contributed by atoms with van der Waals surface area (Å²) in [6, 6.07) is 7.57. The topological polar surface area (TPSA) is 50.4 Å². The molecule has 1 aromatic carbocycles. The third kappa shape index (κ3) is 5.21. The zero-order valence-corrected chi connectivity index (χ0v) is 13.0. The van der Waals surface area contributed by atoms with E-state index in [1.54, 1.807) is 0 Å². The predicted octanol–water partition coefficient (Wildman–Crippen LogP) is 3.05. The van der Waals surface area contributed by atoms with E-state index in [0.717, 1.165) is 18.7 Å². The van der Waals surface area contributed by atoms with Crippen molar-refractivity contribution in [1.82, 2.24) is 5.32 Å². The van der Waals surface area contributed by atoms with Gasteiger partial charge in [-0.25, -0.2) is 0 Å². The first-order chi connectivity index (χ1) is 9.50. The fourth-order valence-corrected chi connectivity index (χ4v) is 1.93. The largest absolute Gasteiger partial charge is 0.384 e. The Morgan fingerprint density at radius 3 is 2.60 bits per heavy atom. The summed E-state index contributed by atoms with van der Waals surface area (Å²) < 4.78 is 5.58. The second-order valence-corrected chi connectivity index (χ2v) is 5.35. The number of hydrogen-bond acceptors (Lipinski definition) is 3. The average Bonchev–Trinajstić information content (AvgIpc) is 2.43. The number of benzene rings is 1. The Labute approximate surface area is 121 Å². The van der Waals surface area contributed by atoms with Crippen molar-refractivity contribution < 1.29 is 9.53 Å². The molecule has 0 saturated heterocycles. The minimum Gasteiger partial charge on any atom is -0.384 e. The van der Waals surface area contributed by atoms with Gasteiger partial charge in [0.05, 0.1) is 11.2 Å². The Kier molecular flexibility index (Phi) is 6.52. The highest BCUT2D eigenvalue weighted by Gasteiger charge is 2.19. The quantitative estimate of drug-likeness (QED) is 0.768. The van der Waals surface area contributed by atoms with E-state index in [4.69, 9.17) is 4.74 Å². The first-order valence-corrected chi connectivity index (χ1v) is 7.25. The van der Waals surface area contributed by atoms with Crippen molar-refractivity contribution in [2.45, 2.75) is 39.7 Å². The molecule has 1 amide bonds. The minimum atomic E-state index is -0.351. The third-order valence-electron chi connectivity index (χ3n) is 2.95. The van der Waals surface area contributed by atoms with Gasteiger partial charge in [0.15, 0.2) is 0 Å². The van der Waals surface area contributed by atoms with Crippen LogP contribution in [0.25, 0.3) is 0 Å². The summed E-state index contributed by atoms with van der Waals surface area (Å²) in [5.41, 5.74) is 1.20. The van der Waals surface area contributed by atoms with Crippen LogP contribution in [0.15, 0.2) is 24.3 Å². The van der Waals surface area contributed by atoms with Crippen LogP contribution in [-0.4, -0.2) is 31.2 Å². The Balaban J connectivity index is 2.67.